The van der Waals surface area contributed by atoms with E-state index in [1.807, 2.05) is 29.0 Å². The zero-order valence-corrected chi connectivity index (χ0v) is 17.6. The second kappa shape index (κ2) is 7.86. The summed E-state index contributed by atoms with van der Waals surface area (Å²) in [5.41, 5.74) is 0.953. The van der Waals surface area contributed by atoms with Crippen LogP contribution in [0.5, 0.6) is 11.5 Å². The fourth-order valence-electron chi connectivity index (χ4n) is 5.12. The zero-order chi connectivity index (χ0) is 20.6. The van der Waals surface area contributed by atoms with Crippen molar-refractivity contribution in [2.75, 3.05) is 54.0 Å². The summed E-state index contributed by atoms with van der Waals surface area (Å²) >= 11 is 0. The number of nitrogens with zero attached hydrogens (tertiary/aromatic N) is 3. The highest BCUT2D eigenvalue weighted by atomic mass is 16.5. The quantitative estimate of drug-likeness (QED) is 0.746. The summed E-state index contributed by atoms with van der Waals surface area (Å²) in [7, 11) is 5.26. The number of methoxy groups -OCH3 is 2. The lowest BCUT2D eigenvalue weighted by Crippen LogP contribution is -2.59. The van der Waals surface area contributed by atoms with E-state index in [9.17, 15) is 9.59 Å². The molecule has 158 valence electrons. The normalized spacial score (nSPS) is 23.3. The van der Waals surface area contributed by atoms with Gasteiger partial charge in [0.1, 0.15) is 11.5 Å². The molecule has 1 unspecified atom stereocenters. The largest absolute Gasteiger partial charge is 0.497 e. The minimum absolute atomic E-state index is 0.0343. The van der Waals surface area contributed by atoms with Crippen LogP contribution in [-0.4, -0.2) is 86.5 Å². The van der Waals surface area contributed by atoms with Crippen LogP contribution in [0.4, 0.5) is 0 Å². The monoisotopic (exact) mass is 401 g/mol. The van der Waals surface area contributed by atoms with E-state index in [2.05, 4.69) is 4.90 Å². The average molecular weight is 402 g/mol. The summed E-state index contributed by atoms with van der Waals surface area (Å²) in [5.74, 6) is 1.76. The van der Waals surface area contributed by atoms with Gasteiger partial charge in [0.2, 0.25) is 11.8 Å². The van der Waals surface area contributed by atoms with Crippen LogP contribution in [-0.2, 0) is 16.0 Å². The molecule has 1 aromatic rings. The molecule has 3 fully saturated rings. The van der Waals surface area contributed by atoms with Crippen molar-refractivity contribution in [2.24, 2.45) is 5.41 Å². The van der Waals surface area contributed by atoms with Gasteiger partial charge in [0.25, 0.3) is 0 Å². The molecule has 0 radical (unpaired) electrons. The third kappa shape index (κ3) is 3.92. The van der Waals surface area contributed by atoms with Gasteiger partial charge in [-0.3, -0.25) is 14.5 Å². The van der Waals surface area contributed by atoms with Gasteiger partial charge in [-0.25, -0.2) is 0 Å². The number of hydrogen-bond acceptors (Lipinski definition) is 5. The Labute approximate surface area is 172 Å². The predicted octanol–water partition coefficient (Wildman–Crippen LogP) is 1.40. The lowest BCUT2D eigenvalue weighted by atomic mass is 9.77. The van der Waals surface area contributed by atoms with Crippen LogP contribution in [0.15, 0.2) is 18.2 Å². The summed E-state index contributed by atoms with van der Waals surface area (Å²) in [5, 5.41) is 0. The van der Waals surface area contributed by atoms with Crippen molar-refractivity contribution in [3.05, 3.63) is 23.8 Å². The molecule has 0 aliphatic carbocycles. The Morgan fingerprint density at radius 2 is 1.62 bits per heavy atom. The summed E-state index contributed by atoms with van der Waals surface area (Å²) in [6.45, 7) is 4.14. The molecular weight excluding hydrogens is 370 g/mol. The molecular formula is C22H31N3O4. The summed E-state index contributed by atoms with van der Waals surface area (Å²) in [6, 6.07) is 5.53. The highest BCUT2D eigenvalue weighted by Gasteiger charge is 2.53. The third-order valence-corrected chi connectivity index (χ3v) is 6.62. The van der Waals surface area contributed by atoms with Crippen LogP contribution in [0.3, 0.4) is 0 Å². The molecule has 4 rings (SSSR count). The number of ether oxygens (including phenoxy) is 2. The van der Waals surface area contributed by atoms with Gasteiger partial charge in [-0.2, -0.15) is 0 Å². The molecule has 1 spiro atoms. The second-order valence-electron chi connectivity index (χ2n) is 8.81. The Morgan fingerprint density at radius 3 is 2.21 bits per heavy atom. The van der Waals surface area contributed by atoms with Gasteiger partial charge in [-0.15, -0.1) is 0 Å². The molecule has 0 N–H and O–H groups in total. The molecule has 7 nitrogen and oxygen atoms in total. The van der Waals surface area contributed by atoms with Crippen molar-refractivity contribution in [3.8, 4) is 11.5 Å². The highest BCUT2D eigenvalue weighted by Crippen LogP contribution is 2.43. The van der Waals surface area contributed by atoms with Gasteiger partial charge in [-0.1, -0.05) is 0 Å². The average Bonchev–Trinajstić information content (AvgIpc) is 3.34. The van der Waals surface area contributed by atoms with Crippen LogP contribution >= 0.6 is 0 Å². The molecule has 2 amide bonds. The Hall–Kier alpha value is -2.28. The minimum atomic E-state index is -0.0343. The molecule has 3 heterocycles. The summed E-state index contributed by atoms with van der Waals surface area (Å²) in [4.78, 5) is 31.8. The Kier molecular flexibility index (Phi) is 5.42. The van der Waals surface area contributed by atoms with E-state index in [1.165, 1.54) is 0 Å². The highest BCUT2D eigenvalue weighted by molar-refractivity contribution is 5.83. The molecule has 29 heavy (non-hydrogen) atoms. The van der Waals surface area contributed by atoms with Crippen LogP contribution in [0.1, 0.15) is 24.8 Å². The molecule has 3 aliphatic rings. The van der Waals surface area contributed by atoms with Gasteiger partial charge < -0.3 is 19.3 Å². The maximum Gasteiger partial charge on any atom is 0.239 e. The van der Waals surface area contributed by atoms with Crippen molar-refractivity contribution >= 4 is 11.8 Å². The minimum Gasteiger partial charge on any atom is -0.497 e. The van der Waals surface area contributed by atoms with E-state index in [4.69, 9.17) is 9.47 Å². The van der Waals surface area contributed by atoms with E-state index >= 15 is 0 Å². The van der Waals surface area contributed by atoms with Crippen molar-refractivity contribution in [1.82, 2.24) is 14.7 Å². The Bertz CT molecular complexity index is 762. The number of hydrogen-bond donors (Lipinski definition) is 0. The first-order valence-electron chi connectivity index (χ1n) is 10.4. The lowest BCUT2D eigenvalue weighted by Gasteiger charge is -2.48. The van der Waals surface area contributed by atoms with E-state index in [0.717, 1.165) is 57.5 Å². The summed E-state index contributed by atoms with van der Waals surface area (Å²) in [6.07, 6.45) is 3.42. The lowest BCUT2D eigenvalue weighted by molar-refractivity contribution is -0.142. The molecule has 3 saturated heterocycles. The molecule has 7 heteroatoms. The van der Waals surface area contributed by atoms with Gasteiger partial charge >= 0.3 is 0 Å². The Morgan fingerprint density at radius 1 is 1.00 bits per heavy atom. The molecule has 0 bridgehead atoms. The smallest absolute Gasteiger partial charge is 0.239 e. The molecule has 0 aromatic heterocycles. The van der Waals surface area contributed by atoms with Crippen molar-refractivity contribution in [3.63, 3.8) is 0 Å². The SMILES string of the molecule is COc1cc(CC(=O)N2CC3(CC(C(=O)N4CCCC4)N(C)C3)C2)cc(OC)c1. The third-order valence-electron chi connectivity index (χ3n) is 6.62. The van der Waals surface area contributed by atoms with Crippen molar-refractivity contribution in [1.29, 1.82) is 0 Å². The predicted molar refractivity (Wildman–Crippen MR) is 109 cm³/mol. The van der Waals surface area contributed by atoms with Crippen LogP contribution in [0.2, 0.25) is 0 Å². The fraction of sp³-hybridized carbons (Fsp3) is 0.636. The second-order valence-corrected chi connectivity index (χ2v) is 8.81. The van der Waals surface area contributed by atoms with Crippen LogP contribution in [0.25, 0.3) is 0 Å². The van der Waals surface area contributed by atoms with Crippen LogP contribution in [0, 0.1) is 5.41 Å². The first-order chi connectivity index (χ1) is 13.9. The van der Waals surface area contributed by atoms with Crippen molar-refractivity contribution < 1.29 is 19.1 Å². The van der Waals surface area contributed by atoms with Gasteiger partial charge in [0, 0.05) is 44.2 Å². The van der Waals surface area contributed by atoms with Crippen LogP contribution < -0.4 is 9.47 Å². The van der Waals surface area contributed by atoms with E-state index in [0.29, 0.717) is 17.9 Å². The Balaban J connectivity index is 1.34. The molecule has 3 aliphatic heterocycles. The van der Waals surface area contributed by atoms with E-state index in [1.54, 1.807) is 20.3 Å². The first-order valence-corrected chi connectivity index (χ1v) is 10.4. The maximum absolute atomic E-state index is 12.8. The topological polar surface area (TPSA) is 62.3 Å². The number of likely N-dealkylation sites (N-methyl/N-ethyl adjacent to an activating group) is 1. The fourth-order valence-corrected chi connectivity index (χ4v) is 5.12. The standard InChI is InChI=1S/C22H31N3O4/c1-23-13-22(12-19(23)21(27)24-6-4-5-7-24)14-25(15-22)20(26)10-16-8-17(28-2)11-18(9-16)29-3/h8-9,11,19H,4-7,10,12-15H2,1-3H3. The van der Waals surface area contributed by atoms with Gasteiger partial charge in [-0.05, 0) is 44.0 Å². The first kappa shape index (κ1) is 20.0. The molecule has 0 saturated carbocycles. The van der Waals surface area contributed by atoms with Gasteiger partial charge in [0.15, 0.2) is 0 Å². The number of amides is 2. The van der Waals surface area contributed by atoms with E-state index in [-0.39, 0.29) is 23.3 Å². The number of likely N-dealkylation sites (tertiary alicyclic amines) is 3. The van der Waals surface area contributed by atoms with Crippen molar-refractivity contribution in [2.45, 2.75) is 31.7 Å². The summed E-state index contributed by atoms with van der Waals surface area (Å²) < 4.78 is 10.6. The number of rotatable bonds is 5. The molecule has 1 aromatic carbocycles. The number of carbonyl (C=O) groups excluding carboxylic acids is 2. The number of benzene rings is 1. The van der Waals surface area contributed by atoms with Gasteiger partial charge in [0.05, 0.1) is 26.7 Å². The number of carbonyl (C=O) groups is 2. The maximum atomic E-state index is 12.8. The zero-order valence-electron chi connectivity index (χ0n) is 17.6. The van der Waals surface area contributed by atoms with E-state index < -0.39 is 0 Å². The molecule has 1 atom stereocenters.